The molecule has 1 amide bonds. The fraction of sp³-hybridized carbons (Fsp3) is 0.625. The van der Waals surface area contributed by atoms with Crippen molar-refractivity contribution in [1.82, 2.24) is 5.32 Å². The Hall–Kier alpha value is -2.28. The van der Waals surface area contributed by atoms with Crippen LogP contribution in [0.5, 0.6) is 0 Å². The molecule has 0 saturated heterocycles. The van der Waals surface area contributed by atoms with E-state index >= 15 is 0 Å². The van der Waals surface area contributed by atoms with Gasteiger partial charge in [0, 0.05) is 11.3 Å². The Labute approximate surface area is 96.1 Å². The molecule has 0 rings (SSSR count). The molecular formula is C8H12N4O5. The minimum absolute atomic E-state index is 0.00361. The fourth-order valence-corrected chi connectivity index (χ4v) is 1.05. The normalized spacial score (nSPS) is 11.1. The summed E-state index contributed by atoms with van der Waals surface area (Å²) in [5.74, 6) is -3.01. The Morgan fingerprint density at radius 1 is 1.35 bits per heavy atom. The highest BCUT2D eigenvalue weighted by molar-refractivity contribution is 5.84. The van der Waals surface area contributed by atoms with Crippen molar-refractivity contribution >= 4 is 17.8 Å². The van der Waals surface area contributed by atoms with Crippen molar-refractivity contribution in [3.05, 3.63) is 10.4 Å². The summed E-state index contributed by atoms with van der Waals surface area (Å²) in [7, 11) is 0. The van der Waals surface area contributed by atoms with Crippen molar-refractivity contribution in [1.29, 1.82) is 0 Å². The van der Waals surface area contributed by atoms with Crippen LogP contribution in [0.3, 0.4) is 0 Å². The van der Waals surface area contributed by atoms with Crippen molar-refractivity contribution in [3.63, 3.8) is 0 Å². The van der Waals surface area contributed by atoms with Crippen molar-refractivity contribution in [2.75, 3.05) is 6.54 Å². The summed E-state index contributed by atoms with van der Waals surface area (Å²) in [6.45, 7) is -0.487. The highest BCUT2D eigenvalue weighted by atomic mass is 16.4. The van der Waals surface area contributed by atoms with E-state index in [1.54, 1.807) is 0 Å². The molecule has 0 bridgehead atoms. The lowest BCUT2D eigenvalue weighted by Gasteiger charge is -2.12. The van der Waals surface area contributed by atoms with Crippen LogP contribution in [-0.2, 0) is 14.4 Å². The van der Waals surface area contributed by atoms with E-state index in [1.165, 1.54) is 0 Å². The molecule has 3 N–H and O–H groups in total. The fourth-order valence-electron chi connectivity index (χ4n) is 1.05. The maximum absolute atomic E-state index is 11.1. The van der Waals surface area contributed by atoms with E-state index in [0.29, 0.717) is 0 Å². The molecule has 0 aliphatic carbocycles. The quantitative estimate of drug-likeness (QED) is 0.314. The summed E-state index contributed by atoms with van der Waals surface area (Å²) in [6.07, 6.45) is -0.0340. The molecular weight excluding hydrogens is 232 g/mol. The Morgan fingerprint density at radius 3 is 2.47 bits per heavy atom. The number of carbonyl (C=O) groups excluding carboxylic acids is 1. The molecule has 94 valence electrons. The molecule has 0 aromatic rings. The maximum atomic E-state index is 11.1. The van der Waals surface area contributed by atoms with Crippen molar-refractivity contribution in [2.45, 2.75) is 25.3 Å². The van der Waals surface area contributed by atoms with Crippen LogP contribution in [0.25, 0.3) is 10.4 Å². The second-order valence-electron chi connectivity index (χ2n) is 3.13. The van der Waals surface area contributed by atoms with Crippen molar-refractivity contribution in [2.24, 2.45) is 5.11 Å². The average Bonchev–Trinajstić information content (AvgIpc) is 2.24. The lowest BCUT2D eigenvalue weighted by Crippen LogP contribution is -2.41. The third-order valence-electron chi connectivity index (χ3n) is 1.79. The highest BCUT2D eigenvalue weighted by Gasteiger charge is 2.19. The Kier molecular flexibility index (Phi) is 6.88. The molecule has 9 heteroatoms. The van der Waals surface area contributed by atoms with Crippen LogP contribution in [0, 0.1) is 0 Å². The van der Waals surface area contributed by atoms with Gasteiger partial charge in [-0.25, -0.2) is 4.79 Å². The molecule has 0 fully saturated rings. The van der Waals surface area contributed by atoms with Gasteiger partial charge in [0.2, 0.25) is 5.91 Å². The van der Waals surface area contributed by atoms with E-state index in [0.717, 1.165) is 0 Å². The van der Waals surface area contributed by atoms with Crippen LogP contribution in [0.1, 0.15) is 19.3 Å². The zero-order chi connectivity index (χ0) is 13.3. The molecule has 0 saturated carbocycles. The summed E-state index contributed by atoms with van der Waals surface area (Å²) in [5, 5.41) is 22.2. The maximum Gasteiger partial charge on any atom is 0.326 e. The van der Waals surface area contributed by atoms with E-state index in [9.17, 15) is 14.4 Å². The molecule has 17 heavy (non-hydrogen) atoms. The number of rotatable bonds is 8. The van der Waals surface area contributed by atoms with Crippen LogP contribution in [0.4, 0.5) is 0 Å². The van der Waals surface area contributed by atoms with E-state index in [-0.39, 0.29) is 19.3 Å². The van der Waals surface area contributed by atoms with Gasteiger partial charge < -0.3 is 15.5 Å². The summed E-state index contributed by atoms with van der Waals surface area (Å²) < 4.78 is 0. The number of hydrogen-bond acceptors (Lipinski definition) is 4. The van der Waals surface area contributed by atoms with Gasteiger partial charge in [-0.3, -0.25) is 9.59 Å². The largest absolute Gasteiger partial charge is 0.481 e. The lowest BCUT2D eigenvalue weighted by atomic mass is 10.1. The summed E-state index contributed by atoms with van der Waals surface area (Å²) in [4.78, 5) is 34.4. The van der Waals surface area contributed by atoms with Gasteiger partial charge in [0.1, 0.15) is 12.6 Å². The third kappa shape index (κ3) is 7.63. The van der Waals surface area contributed by atoms with Crippen LogP contribution in [-0.4, -0.2) is 40.6 Å². The molecule has 9 nitrogen and oxygen atoms in total. The highest BCUT2D eigenvalue weighted by Crippen LogP contribution is 2.01. The molecule has 0 radical (unpaired) electrons. The van der Waals surface area contributed by atoms with E-state index < -0.39 is 30.4 Å². The standard InChI is InChI=1S/C8H12N4O5/c9-12-10-4-6(13)11-5(8(16)17)2-1-3-7(14)15/h5H,1-4H2,(H,11,13)(H,14,15)(H,16,17). The zero-order valence-corrected chi connectivity index (χ0v) is 8.87. The van der Waals surface area contributed by atoms with Gasteiger partial charge in [0.05, 0.1) is 0 Å². The number of azide groups is 1. The number of carboxylic acid groups (broad SMARTS) is 2. The van der Waals surface area contributed by atoms with Crippen LogP contribution < -0.4 is 5.32 Å². The van der Waals surface area contributed by atoms with Crippen LogP contribution in [0.2, 0.25) is 0 Å². The topological polar surface area (TPSA) is 152 Å². The van der Waals surface area contributed by atoms with Gasteiger partial charge in [0.15, 0.2) is 0 Å². The number of amides is 1. The first-order valence-corrected chi connectivity index (χ1v) is 4.72. The number of aliphatic carboxylic acids is 2. The number of nitrogens with one attached hydrogen (secondary N) is 1. The van der Waals surface area contributed by atoms with E-state index in [4.69, 9.17) is 15.7 Å². The average molecular weight is 244 g/mol. The second-order valence-corrected chi connectivity index (χ2v) is 3.13. The summed E-state index contributed by atoms with van der Waals surface area (Å²) in [6, 6.07) is -1.17. The molecule has 0 aromatic carbocycles. The minimum Gasteiger partial charge on any atom is -0.481 e. The van der Waals surface area contributed by atoms with Crippen LogP contribution in [0.15, 0.2) is 5.11 Å². The van der Waals surface area contributed by atoms with Gasteiger partial charge in [0.25, 0.3) is 0 Å². The number of carbonyl (C=O) groups is 3. The van der Waals surface area contributed by atoms with E-state index in [1.807, 2.05) is 0 Å². The number of carboxylic acids is 2. The molecule has 0 heterocycles. The smallest absolute Gasteiger partial charge is 0.326 e. The Bertz CT molecular complexity index is 350. The molecule has 0 aliphatic rings. The van der Waals surface area contributed by atoms with Gasteiger partial charge >= 0.3 is 11.9 Å². The molecule has 1 unspecified atom stereocenters. The second kappa shape index (κ2) is 7.94. The van der Waals surface area contributed by atoms with Crippen molar-refractivity contribution in [3.8, 4) is 0 Å². The van der Waals surface area contributed by atoms with Gasteiger partial charge in [-0.15, -0.1) is 0 Å². The minimum atomic E-state index is -1.26. The molecule has 0 aliphatic heterocycles. The SMILES string of the molecule is [N-]=[N+]=NCC(=O)NC(CCCC(=O)O)C(=O)O. The monoisotopic (exact) mass is 244 g/mol. The first-order chi connectivity index (χ1) is 7.97. The molecule has 0 aromatic heterocycles. The number of nitrogens with zero attached hydrogens (tertiary/aromatic N) is 3. The predicted molar refractivity (Wildman–Crippen MR) is 55.1 cm³/mol. The zero-order valence-electron chi connectivity index (χ0n) is 8.87. The third-order valence-corrected chi connectivity index (χ3v) is 1.79. The van der Waals surface area contributed by atoms with Crippen molar-refractivity contribution < 1.29 is 24.6 Å². The van der Waals surface area contributed by atoms with Gasteiger partial charge in [-0.1, -0.05) is 5.11 Å². The first-order valence-electron chi connectivity index (χ1n) is 4.72. The first kappa shape index (κ1) is 14.7. The Morgan fingerprint density at radius 2 is 2.00 bits per heavy atom. The predicted octanol–water partition coefficient (Wildman–Crippen LogP) is 0.121. The van der Waals surface area contributed by atoms with Gasteiger partial charge in [-0.05, 0) is 18.4 Å². The molecule has 0 spiro atoms. The Balaban J connectivity index is 4.14. The van der Waals surface area contributed by atoms with Gasteiger partial charge in [-0.2, -0.15) is 0 Å². The lowest BCUT2D eigenvalue weighted by molar-refractivity contribution is -0.142. The molecule has 1 atom stereocenters. The number of hydrogen-bond donors (Lipinski definition) is 3. The van der Waals surface area contributed by atoms with E-state index in [2.05, 4.69) is 15.3 Å². The summed E-state index contributed by atoms with van der Waals surface area (Å²) >= 11 is 0. The van der Waals surface area contributed by atoms with Crippen LogP contribution >= 0.6 is 0 Å². The summed E-state index contributed by atoms with van der Waals surface area (Å²) in [5.41, 5.74) is 7.96.